The third-order valence-electron chi connectivity index (χ3n) is 3.96. The molecule has 0 aromatic carbocycles. The van der Waals surface area contributed by atoms with Crippen LogP contribution in [0.15, 0.2) is 0 Å². The number of hydrogen-bond donors (Lipinski definition) is 3. The first kappa shape index (κ1) is 19.1. The molecule has 3 atom stereocenters. The molecule has 7 nitrogen and oxygen atoms in total. The number of carboxylic acid groups (broad SMARTS) is 1. The molecule has 0 radical (unpaired) electrons. The molecule has 0 aromatic heterocycles. The largest absolute Gasteiger partial charge is 0.480 e. The molecule has 0 aromatic rings. The van der Waals surface area contributed by atoms with Crippen LogP contribution in [0.2, 0.25) is 0 Å². The summed E-state index contributed by atoms with van der Waals surface area (Å²) in [5.41, 5.74) is 0. The van der Waals surface area contributed by atoms with Gasteiger partial charge in [0.25, 0.3) is 0 Å². The standard InChI is InChI=1S/C16H26N2O5/c1-9(2)7-13(17-10(3)19)15(21)18-14(16(22)23)11-5-4-6-12(20)8-11/h9,11,13-14H,4-8H2,1-3H3,(H,17,19)(H,18,21)(H,22,23)/t11-,13+,14-/m1/s1. The van der Waals surface area contributed by atoms with E-state index in [-0.39, 0.29) is 24.0 Å². The van der Waals surface area contributed by atoms with Crippen molar-refractivity contribution in [2.24, 2.45) is 11.8 Å². The minimum Gasteiger partial charge on any atom is -0.480 e. The number of carboxylic acids is 1. The van der Waals surface area contributed by atoms with Crippen molar-refractivity contribution in [1.29, 1.82) is 0 Å². The Morgan fingerprint density at radius 3 is 2.39 bits per heavy atom. The third-order valence-corrected chi connectivity index (χ3v) is 3.96. The van der Waals surface area contributed by atoms with Crippen LogP contribution in [0, 0.1) is 11.8 Å². The van der Waals surface area contributed by atoms with Crippen molar-refractivity contribution in [2.75, 3.05) is 0 Å². The molecule has 1 saturated carbocycles. The molecular weight excluding hydrogens is 300 g/mol. The summed E-state index contributed by atoms with van der Waals surface area (Å²) >= 11 is 0. The monoisotopic (exact) mass is 326 g/mol. The molecule has 7 heteroatoms. The number of ketones is 1. The van der Waals surface area contributed by atoms with Gasteiger partial charge in [-0.15, -0.1) is 0 Å². The lowest BCUT2D eigenvalue weighted by atomic mass is 9.83. The lowest BCUT2D eigenvalue weighted by Gasteiger charge is -2.29. The fraction of sp³-hybridized carbons (Fsp3) is 0.750. The van der Waals surface area contributed by atoms with E-state index in [1.807, 2.05) is 13.8 Å². The molecule has 1 fully saturated rings. The van der Waals surface area contributed by atoms with Gasteiger partial charge >= 0.3 is 5.97 Å². The van der Waals surface area contributed by atoms with Crippen molar-refractivity contribution >= 4 is 23.6 Å². The van der Waals surface area contributed by atoms with Gasteiger partial charge in [-0.2, -0.15) is 0 Å². The summed E-state index contributed by atoms with van der Waals surface area (Å²) in [6.07, 6.45) is 2.30. The van der Waals surface area contributed by atoms with E-state index in [1.165, 1.54) is 6.92 Å². The molecule has 1 aliphatic carbocycles. The number of Topliss-reactive ketones (excluding diaryl/α,β-unsaturated/α-hetero) is 1. The van der Waals surface area contributed by atoms with Crippen molar-refractivity contribution in [3.8, 4) is 0 Å². The van der Waals surface area contributed by atoms with Gasteiger partial charge in [-0.3, -0.25) is 14.4 Å². The quantitative estimate of drug-likeness (QED) is 0.642. The number of carbonyl (C=O) groups is 4. The first-order valence-electron chi connectivity index (χ1n) is 8.02. The van der Waals surface area contributed by atoms with Crippen LogP contribution in [-0.4, -0.2) is 40.8 Å². The van der Waals surface area contributed by atoms with E-state index in [0.29, 0.717) is 25.7 Å². The van der Waals surface area contributed by atoms with Crippen LogP contribution < -0.4 is 10.6 Å². The van der Waals surface area contributed by atoms with Crippen molar-refractivity contribution in [3.63, 3.8) is 0 Å². The predicted molar refractivity (Wildman–Crippen MR) is 83.6 cm³/mol. The number of amides is 2. The molecule has 1 aliphatic rings. The zero-order chi connectivity index (χ0) is 17.6. The van der Waals surface area contributed by atoms with E-state index in [9.17, 15) is 24.3 Å². The maximum Gasteiger partial charge on any atom is 0.326 e. The van der Waals surface area contributed by atoms with Crippen LogP contribution in [0.5, 0.6) is 0 Å². The Morgan fingerprint density at radius 1 is 1.26 bits per heavy atom. The van der Waals surface area contributed by atoms with Crippen LogP contribution >= 0.6 is 0 Å². The van der Waals surface area contributed by atoms with Crippen molar-refractivity contribution in [1.82, 2.24) is 10.6 Å². The average molecular weight is 326 g/mol. The Kier molecular flexibility index (Phi) is 7.19. The summed E-state index contributed by atoms with van der Waals surface area (Å²) in [6, 6.07) is -1.87. The lowest BCUT2D eigenvalue weighted by molar-refractivity contribution is -0.144. The topological polar surface area (TPSA) is 113 Å². The molecule has 0 heterocycles. The number of carbonyl (C=O) groups excluding carboxylic acids is 3. The molecule has 0 unspecified atom stereocenters. The molecule has 2 amide bonds. The maximum atomic E-state index is 12.4. The summed E-state index contributed by atoms with van der Waals surface area (Å²) in [6.45, 7) is 5.14. The summed E-state index contributed by atoms with van der Waals surface area (Å²) in [5, 5.41) is 14.5. The SMILES string of the molecule is CC(=O)N[C@@H](CC(C)C)C(=O)N[C@@H](C(=O)O)[C@@H]1CCCC(=O)C1. The molecule has 0 aliphatic heterocycles. The van der Waals surface area contributed by atoms with E-state index >= 15 is 0 Å². The van der Waals surface area contributed by atoms with Crippen molar-refractivity contribution in [3.05, 3.63) is 0 Å². The van der Waals surface area contributed by atoms with Gasteiger partial charge in [-0.05, 0) is 31.1 Å². The first-order valence-corrected chi connectivity index (χ1v) is 8.02. The zero-order valence-electron chi connectivity index (χ0n) is 13.9. The molecule has 0 saturated heterocycles. The van der Waals surface area contributed by atoms with E-state index < -0.39 is 29.9 Å². The van der Waals surface area contributed by atoms with Gasteiger partial charge in [-0.25, -0.2) is 4.79 Å². The number of rotatable bonds is 7. The normalized spacial score (nSPS) is 20.7. The van der Waals surface area contributed by atoms with E-state index in [2.05, 4.69) is 10.6 Å². The van der Waals surface area contributed by atoms with Crippen molar-refractivity contribution in [2.45, 2.75) is 65.0 Å². The minimum atomic E-state index is -1.15. The highest BCUT2D eigenvalue weighted by Gasteiger charge is 2.35. The highest BCUT2D eigenvalue weighted by Crippen LogP contribution is 2.24. The van der Waals surface area contributed by atoms with Crippen LogP contribution in [0.4, 0.5) is 0 Å². The number of hydrogen-bond acceptors (Lipinski definition) is 4. The molecule has 0 spiro atoms. The van der Waals surface area contributed by atoms with E-state index in [0.717, 1.165) is 0 Å². The first-order chi connectivity index (χ1) is 10.7. The second kappa shape index (κ2) is 8.64. The average Bonchev–Trinajstić information content (AvgIpc) is 2.42. The van der Waals surface area contributed by atoms with Gasteiger partial charge in [0.2, 0.25) is 11.8 Å². The summed E-state index contributed by atoms with van der Waals surface area (Å²) in [7, 11) is 0. The fourth-order valence-electron chi connectivity index (χ4n) is 2.93. The smallest absolute Gasteiger partial charge is 0.326 e. The van der Waals surface area contributed by atoms with E-state index in [1.54, 1.807) is 0 Å². The summed E-state index contributed by atoms with van der Waals surface area (Å²) in [5.74, 6) is -2.21. The zero-order valence-corrected chi connectivity index (χ0v) is 13.9. The number of aliphatic carboxylic acids is 1. The van der Waals surface area contributed by atoms with Gasteiger partial charge in [0.1, 0.15) is 17.9 Å². The second-order valence-electron chi connectivity index (χ2n) is 6.60. The third kappa shape index (κ3) is 6.38. The van der Waals surface area contributed by atoms with Gasteiger partial charge in [0, 0.05) is 19.8 Å². The Hall–Kier alpha value is -1.92. The summed E-state index contributed by atoms with van der Waals surface area (Å²) < 4.78 is 0. The molecule has 1 rings (SSSR count). The Bertz CT molecular complexity index is 475. The molecule has 3 N–H and O–H groups in total. The number of nitrogens with one attached hydrogen (secondary N) is 2. The van der Waals surface area contributed by atoms with E-state index in [4.69, 9.17) is 0 Å². The lowest BCUT2D eigenvalue weighted by Crippen LogP contribution is -2.54. The highest BCUT2D eigenvalue weighted by molar-refractivity contribution is 5.90. The second-order valence-corrected chi connectivity index (χ2v) is 6.60. The highest BCUT2D eigenvalue weighted by atomic mass is 16.4. The van der Waals surface area contributed by atoms with Crippen LogP contribution in [-0.2, 0) is 19.2 Å². The predicted octanol–water partition coefficient (Wildman–Crippen LogP) is 0.866. The Labute approximate surface area is 136 Å². The van der Waals surface area contributed by atoms with Crippen molar-refractivity contribution < 1.29 is 24.3 Å². The van der Waals surface area contributed by atoms with Gasteiger partial charge in [-0.1, -0.05) is 13.8 Å². The van der Waals surface area contributed by atoms with Gasteiger partial charge in [0.15, 0.2) is 0 Å². The van der Waals surface area contributed by atoms with Gasteiger partial charge < -0.3 is 15.7 Å². The summed E-state index contributed by atoms with van der Waals surface area (Å²) in [4.78, 5) is 46.7. The van der Waals surface area contributed by atoms with Crippen LogP contribution in [0.1, 0.15) is 52.9 Å². The molecule has 130 valence electrons. The van der Waals surface area contributed by atoms with Crippen LogP contribution in [0.3, 0.4) is 0 Å². The Balaban J connectivity index is 2.79. The fourth-order valence-corrected chi connectivity index (χ4v) is 2.93. The van der Waals surface area contributed by atoms with Crippen LogP contribution in [0.25, 0.3) is 0 Å². The molecule has 23 heavy (non-hydrogen) atoms. The van der Waals surface area contributed by atoms with Gasteiger partial charge in [0.05, 0.1) is 0 Å². The molecular formula is C16H26N2O5. The Morgan fingerprint density at radius 2 is 1.91 bits per heavy atom. The maximum absolute atomic E-state index is 12.4. The minimum absolute atomic E-state index is 0.0299. The molecule has 0 bridgehead atoms.